The fourth-order valence-electron chi connectivity index (χ4n) is 3.56. The zero-order valence-corrected chi connectivity index (χ0v) is 10.5. The molecule has 1 heterocycles. The summed E-state index contributed by atoms with van der Waals surface area (Å²) in [4.78, 5) is 11.5. The molecule has 3 aliphatic rings. The summed E-state index contributed by atoms with van der Waals surface area (Å²) >= 11 is 0. The van der Waals surface area contributed by atoms with E-state index >= 15 is 0 Å². The summed E-state index contributed by atoms with van der Waals surface area (Å²) in [5.74, 6) is 0.478. The van der Waals surface area contributed by atoms with Crippen LogP contribution in [-0.4, -0.2) is 25.3 Å². The first-order valence-electron chi connectivity index (χ1n) is 7.00. The molecule has 0 amide bonds. The maximum atomic E-state index is 11.5. The Morgan fingerprint density at radius 3 is 2.18 bits per heavy atom. The second-order valence-corrected chi connectivity index (χ2v) is 6.09. The van der Waals surface area contributed by atoms with E-state index in [0.29, 0.717) is 0 Å². The fourth-order valence-corrected chi connectivity index (χ4v) is 3.56. The van der Waals surface area contributed by atoms with Gasteiger partial charge in [-0.1, -0.05) is 19.3 Å². The Hall–Kier alpha value is -0.410. The molecule has 1 spiro atoms. The predicted octanol–water partition coefficient (Wildman–Crippen LogP) is 2.68. The number of carbonyl (C=O) groups is 1. The molecule has 3 fully saturated rings. The molecule has 0 radical (unpaired) electrons. The lowest BCUT2D eigenvalue weighted by Crippen LogP contribution is -2.42. The van der Waals surface area contributed by atoms with Crippen molar-refractivity contribution in [2.45, 2.75) is 57.2 Å². The van der Waals surface area contributed by atoms with E-state index in [2.05, 4.69) is 0 Å². The van der Waals surface area contributed by atoms with E-state index < -0.39 is 0 Å². The van der Waals surface area contributed by atoms with E-state index in [-0.39, 0.29) is 11.2 Å². The van der Waals surface area contributed by atoms with Crippen molar-refractivity contribution in [1.29, 1.82) is 0 Å². The SMILES string of the molecule is O=CC1(CC2CCC2)CCC2(CC1)OCCO2. The van der Waals surface area contributed by atoms with Crippen LogP contribution in [0.4, 0.5) is 0 Å². The van der Waals surface area contributed by atoms with Gasteiger partial charge in [0.15, 0.2) is 5.79 Å². The second-order valence-electron chi connectivity index (χ2n) is 6.09. The quantitative estimate of drug-likeness (QED) is 0.709. The summed E-state index contributed by atoms with van der Waals surface area (Å²) in [6.07, 6.45) is 10.0. The van der Waals surface area contributed by atoms with E-state index in [1.54, 1.807) is 0 Å². The van der Waals surface area contributed by atoms with Gasteiger partial charge in [-0.3, -0.25) is 0 Å². The summed E-state index contributed by atoms with van der Waals surface area (Å²) in [7, 11) is 0. The summed E-state index contributed by atoms with van der Waals surface area (Å²) in [6, 6.07) is 0. The predicted molar refractivity (Wildman–Crippen MR) is 63.6 cm³/mol. The molecule has 0 N–H and O–H groups in total. The van der Waals surface area contributed by atoms with Crippen molar-refractivity contribution in [2.24, 2.45) is 11.3 Å². The Morgan fingerprint density at radius 2 is 1.71 bits per heavy atom. The minimum Gasteiger partial charge on any atom is -0.348 e. The molecule has 0 aromatic heterocycles. The Kier molecular flexibility index (Phi) is 2.99. The molecule has 1 aliphatic heterocycles. The van der Waals surface area contributed by atoms with Crippen LogP contribution in [0.15, 0.2) is 0 Å². The highest BCUT2D eigenvalue weighted by molar-refractivity contribution is 5.59. The highest BCUT2D eigenvalue weighted by Gasteiger charge is 2.47. The molecule has 3 rings (SSSR count). The van der Waals surface area contributed by atoms with Crippen molar-refractivity contribution in [3.05, 3.63) is 0 Å². The summed E-state index contributed by atoms with van der Waals surface area (Å²) < 4.78 is 11.5. The molecule has 0 atom stereocenters. The average Bonchev–Trinajstić information content (AvgIpc) is 2.76. The molecular formula is C14H22O3. The van der Waals surface area contributed by atoms with Crippen LogP contribution >= 0.6 is 0 Å². The van der Waals surface area contributed by atoms with E-state index in [9.17, 15) is 4.79 Å². The Bertz CT molecular complexity index is 280. The maximum absolute atomic E-state index is 11.5. The lowest BCUT2D eigenvalue weighted by Gasteiger charge is -2.43. The molecular weight excluding hydrogens is 216 g/mol. The van der Waals surface area contributed by atoms with Crippen LogP contribution in [0.3, 0.4) is 0 Å². The Labute approximate surface area is 103 Å². The highest BCUT2D eigenvalue weighted by Crippen LogP contribution is 2.49. The number of hydrogen-bond acceptors (Lipinski definition) is 3. The molecule has 96 valence electrons. The first-order chi connectivity index (χ1) is 8.26. The van der Waals surface area contributed by atoms with Crippen LogP contribution in [-0.2, 0) is 14.3 Å². The van der Waals surface area contributed by atoms with Gasteiger partial charge in [-0.25, -0.2) is 0 Å². The average molecular weight is 238 g/mol. The number of rotatable bonds is 3. The van der Waals surface area contributed by atoms with Crippen molar-refractivity contribution in [3.8, 4) is 0 Å². The van der Waals surface area contributed by atoms with E-state index in [1.807, 2.05) is 0 Å². The molecule has 1 saturated heterocycles. The molecule has 2 aliphatic carbocycles. The lowest BCUT2D eigenvalue weighted by molar-refractivity contribution is -0.192. The van der Waals surface area contributed by atoms with Crippen LogP contribution in [0.2, 0.25) is 0 Å². The molecule has 0 aromatic rings. The number of hydrogen-bond donors (Lipinski definition) is 0. The molecule has 17 heavy (non-hydrogen) atoms. The van der Waals surface area contributed by atoms with Crippen LogP contribution in [0.5, 0.6) is 0 Å². The van der Waals surface area contributed by atoms with Crippen molar-refractivity contribution < 1.29 is 14.3 Å². The third kappa shape index (κ3) is 2.15. The molecule has 3 nitrogen and oxygen atoms in total. The molecule has 0 unspecified atom stereocenters. The topological polar surface area (TPSA) is 35.5 Å². The molecule has 0 aromatic carbocycles. The third-order valence-electron chi connectivity index (χ3n) is 4.99. The van der Waals surface area contributed by atoms with Crippen molar-refractivity contribution >= 4 is 6.29 Å². The van der Waals surface area contributed by atoms with Crippen LogP contribution in [0.25, 0.3) is 0 Å². The fraction of sp³-hybridized carbons (Fsp3) is 0.929. The van der Waals surface area contributed by atoms with Crippen LogP contribution in [0.1, 0.15) is 51.4 Å². The van der Waals surface area contributed by atoms with Gasteiger partial charge < -0.3 is 14.3 Å². The second kappa shape index (κ2) is 4.36. The lowest BCUT2D eigenvalue weighted by atomic mass is 9.65. The third-order valence-corrected chi connectivity index (χ3v) is 4.99. The molecule has 2 saturated carbocycles. The number of aldehydes is 1. The van der Waals surface area contributed by atoms with Crippen LogP contribution < -0.4 is 0 Å². The van der Waals surface area contributed by atoms with Gasteiger partial charge in [-0.15, -0.1) is 0 Å². The van der Waals surface area contributed by atoms with Gasteiger partial charge in [-0.2, -0.15) is 0 Å². The zero-order valence-electron chi connectivity index (χ0n) is 10.5. The van der Waals surface area contributed by atoms with Gasteiger partial charge in [0.05, 0.1) is 13.2 Å². The Morgan fingerprint density at radius 1 is 1.06 bits per heavy atom. The number of ether oxygens (including phenoxy) is 2. The minimum atomic E-state index is -0.327. The zero-order chi connectivity index (χ0) is 11.8. The van der Waals surface area contributed by atoms with E-state index in [0.717, 1.165) is 51.2 Å². The maximum Gasteiger partial charge on any atom is 0.168 e. The largest absolute Gasteiger partial charge is 0.348 e. The summed E-state index contributed by atoms with van der Waals surface area (Å²) in [5, 5.41) is 0. The van der Waals surface area contributed by atoms with Crippen molar-refractivity contribution in [1.82, 2.24) is 0 Å². The van der Waals surface area contributed by atoms with Gasteiger partial charge >= 0.3 is 0 Å². The minimum absolute atomic E-state index is 0.0638. The van der Waals surface area contributed by atoms with E-state index in [1.165, 1.54) is 25.5 Å². The first-order valence-corrected chi connectivity index (χ1v) is 7.00. The standard InChI is InChI=1S/C14H22O3/c15-11-13(10-12-2-1-3-12)4-6-14(7-5-13)16-8-9-17-14/h11-12H,1-10H2. The van der Waals surface area contributed by atoms with E-state index in [4.69, 9.17) is 9.47 Å². The molecule has 3 heteroatoms. The summed E-state index contributed by atoms with van der Waals surface area (Å²) in [5.41, 5.74) is -0.0638. The van der Waals surface area contributed by atoms with Gasteiger partial charge in [0.25, 0.3) is 0 Å². The molecule has 0 bridgehead atoms. The van der Waals surface area contributed by atoms with Gasteiger partial charge in [-0.05, 0) is 25.2 Å². The first kappa shape index (κ1) is 11.7. The van der Waals surface area contributed by atoms with Gasteiger partial charge in [0.2, 0.25) is 0 Å². The van der Waals surface area contributed by atoms with Gasteiger partial charge in [0.1, 0.15) is 6.29 Å². The van der Waals surface area contributed by atoms with Crippen LogP contribution in [0, 0.1) is 11.3 Å². The van der Waals surface area contributed by atoms with Crippen molar-refractivity contribution in [2.75, 3.05) is 13.2 Å². The normalized spacial score (nSPS) is 31.3. The highest BCUT2D eigenvalue weighted by atomic mass is 16.7. The number of carbonyl (C=O) groups excluding carboxylic acids is 1. The van der Waals surface area contributed by atoms with Crippen molar-refractivity contribution in [3.63, 3.8) is 0 Å². The smallest absolute Gasteiger partial charge is 0.168 e. The summed E-state index contributed by atoms with van der Waals surface area (Å²) in [6.45, 7) is 1.44. The van der Waals surface area contributed by atoms with Gasteiger partial charge in [0, 0.05) is 18.3 Å². The Balaban J connectivity index is 1.61. The monoisotopic (exact) mass is 238 g/mol.